The van der Waals surface area contributed by atoms with Crippen LogP contribution in [0.1, 0.15) is 23.1 Å². The van der Waals surface area contributed by atoms with E-state index in [9.17, 15) is 4.39 Å². The van der Waals surface area contributed by atoms with Crippen molar-refractivity contribution in [2.45, 2.75) is 19.5 Å². The van der Waals surface area contributed by atoms with E-state index in [4.69, 9.17) is 4.52 Å². The maximum atomic E-state index is 13.8. The summed E-state index contributed by atoms with van der Waals surface area (Å²) in [6.07, 6.45) is 0. The highest BCUT2D eigenvalue weighted by molar-refractivity contribution is 7.99. The molecule has 1 atom stereocenters. The van der Waals surface area contributed by atoms with Gasteiger partial charge in [0.15, 0.2) is 0 Å². The molecule has 1 fully saturated rings. The largest absolute Gasteiger partial charge is 0.338 e. The van der Waals surface area contributed by atoms with Gasteiger partial charge in [-0.05, 0) is 24.1 Å². The van der Waals surface area contributed by atoms with Gasteiger partial charge in [-0.1, -0.05) is 47.6 Å². The van der Waals surface area contributed by atoms with Gasteiger partial charge >= 0.3 is 0 Å². The molecule has 0 aliphatic carbocycles. The summed E-state index contributed by atoms with van der Waals surface area (Å²) in [5.41, 5.74) is 2.55. The molecule has 0 radical (unpaired) electrons. The first-order chi connectivity index (χ1) is 12.7. The molecule has 1 aliphatic heterocycles. The molecule has 0 spiro atoms. The lowest BCUT2D eigenvalue weighted by Crippen LogP contribution is -2.35. The van der Waals surface area contributed by atoms with Crippen LogP contribution >= 0.6 is 11.8 Å². The van der Waals surface area contributed by atoms with Crippen molar-refractivity contribution < 1.29 is 8.91 Å². The van der Waals surface area contributed by atoms with E-state index in [1.807, 2.05) is 23.9 Å². The van der Waals surface area contributed by atoms with Crippen molar-refractivity contribution in [2.24, 2.45) is 0 Å². The number of halogens is 1. The molecule has 0 amide bonds. The Morgan fingerprint density at radius 1 is 1.23 bits per heavy atom. The van der Waals surface area contributed by atoms with Crippen LogP contribution in [-0.2, 0) is 6.54 Å². The third-order valence-corrected chi connectivity index (χ3v) is 5.68. The van der Waals surface area contributed by atoms with Crippen molar-refractivity contribution in [1.29, 1.82) is 0 Å². The van der Waals surface area contributed by atoms with Gasteiger partial charge in [-0.3, -0.25) is 4.90 Å². The molecule has 4 nitrogen and oxygen atoms in total. The zero-order chi connectivity index (χ0) is 17.9. The second-order valence-corrected chi connectivity index (χ2v) is 7.60. The highest BCUT2D eigenvalue weighted by Crippen LogP contribution is 2.30. The number of rotatable bonds is 4. The average molecular weight is 369 g/mol. The number of hydrogen-bond acceptors (Lipinski definition) is 5. The van der Waals surface area contributed by atoms with Gasteiger partial charge in [0, 0.05) is 29.7 Å². The average Bonchev–Trinajstić information content (AvgIpc) is 3.14. The summed E-state index contributed by atoms with van der Waals surface area (Å²) in [6, 6.07) is 15.8. The first-order valence-electron chi connectivity index (χ1n) is 8.66. The van der Waals surface area contributed by atoms with Crippen LogP contribution in [0.2, 0.25) is 0 Å². The molecular weight excluding hydrogens is 349 g/mol. The number of aryl methyl sites for hydroxylation is 1. The van der Waals surface area contributed by atoms with Crippen LogP contribution in [0.15, 0.2) is 53.1 Å². The van der Waals surface area contributed by atoms with Gasteiger partial charge in [0.25, 0.3) is 0 Å². The Morgan fingerprint density at radius 3 is 2.88 bits per heavy atom. The van der Waals surface area contributed by atoms with Gasteiger partial charge in [0.2, 0.25) is 11.7 Å². The van der Waals surface area contributed by atoms with Gasteiger partial charge in [-0.2, -0.15) is 16.7 Å². The fraction of sp³-hybridized carbons (Fsp3) is 0.300. The van der Waals surface area contributed by atoms with Crippen LogP contribution in [0.3, 0.4) is 0 Å². The molecule has 1 unspecified atom stereocenters. The van der Waals surface area contributed by atoms with E-state index in [2.05, 4.69) is 39.3 Å². The van der Waals surface area contributed by atoms with Gasteiger partial charge < -0.3 is 4.52 Å². The van der Waals surface area contributed by atoms with Crippen molar-refractivity contribution in [3.63, 3.8) is 0 Å². The van der Waals surface area contributed by atoms with E-state index in [1.165, 1.54) is 11.6 Å². The van der Waals surface area contributed by atoms with E-state index in [0.717, 1.165) is 18.1 Å². The number of hydrogen-bond donors (Lipinski definition) is 0. The lowest BCUT2D eigenvalue weighted by atomic mass is 10.1. The third-order valence-electron chi connectivity index (χ3n) is 4.66. The Balaban J connectivity index is 1.53. The van der Waals surface area contributed by atoms with Crippen LogP contribution in [0.5, 0.6) is 0 Å². The molecule has 4 rings (SSSR count). The lowest BCUT2D eigenvalue weighted by molar-refractivity contribution is 0.184. The molecule has 6 heteroatoms. The minimum absolute atomic E-state index is 0.258. The van der Waals surface area contributed by atoms with E-state index >= 15 is 0 Å². The SMILES string of the molecule is Cc1ccc(-c2noc(CN3CCSCC3c3ccccc3)n2)cc1F. The van der Waals surface area contributed by atoms with E-state index in [0.29, 0.717) is 35.4 Å². The van der Waals surface area contributed by atoms with E-state index in [-0.39, 0.29) is 5.82 Å². The number of aromatic nitrogens is 2. The van der Waals surface area contributed by atoms with E-state index < -0.39 is 0 Å². The third kappa shape index (κ3) is 3.66. The Hall–Kier alpha value is -2.18. The minimum Gasteiger partial charge on any atom is -0.338 e. The molecule has 1 aromatic heterocycles. The second-order valence-electron chi connectivity index (χ2n) is 6.45. The van der Waals surface area contributed by atoms with Crippen LogP contribution < -0.4 is 0 Å². The standard InChI is InChI=1S/C20H20FN3OS/c1-14-7-8-16(11-17(14)21)20-22-19(25-23-20)12-24-9-10-26-13-18(24)15-5-3-2-4-6-15/h2-8,11,18H,9-10,12-13H2,1H3. The molecule has 134 valence electrons. The normalized spacial score (nSPS) is 18.2. The Kier molecular flexibility index (Phi) is 5.04. The molecule has 0 saturated carbocycles. The highest BCUT2D eigenvalue weighted by atomic mass is 32.2. The molecule has 0 bridgehead atoms. The monoisotopic (exact) mass is 369 g/mol. The first kappa shape index (κ1) is 17.2. The highest BCUT2D eigenvalue weighted by Gasteiger charge is 2.26. The van der Waals surface area contributed by atoms with Crippen molar-refractivity contribution in [3.05, 3.63) is 71.4 Å². The predicted octanol–water partition coefficient (Wildman–Crippen LogP) is 4.47. The summed E-state index contributed by atoms with van der Waals surface area (Å²) in [7, 11) is 0. The van der Waals surface area contributed by atoms with Gasteiger partial charge in [-0.15, -0.1) is 0 Å². The molecule has 1 saturated heterocycles. The van der Waals surface area contributed by atoms with Crippen molar-refractivity contribution in [1.82, 2.24) is 15.0 Å². The van der Waals surface area contributed by atoms with Gasteiger partial charge in [-0.25, -0.2) is 4.39 Å². The summed E-state index contributed by atoms with van der Waals surface area (Å²) < 4.78 is 19.2. The molecule has 2 aromatic carbocycles. The fourth-order valence-electron chi connectivity index (χ4n) is 3.15. The van der Waals surface area contributed by atoms with Gasteiger partial charge in [0.05, 0.1) is 6.54 Å². The summed E-state index contributed by atoms with van der Waals surface area (Å²) in [6.45, 7) is 3.31. The Bertz CT molecular complexity index is 884. The quantitative estimate of drug-likeness (QED) is 0.679. The first-order valence-corrected chi connectivity index (χ1v) is 9.82. The maximum absolute atomic E-state index is 13.8. The zero-order valence-electron chi connectivity index (χ0n) is 14.6. The molecule has 26 heavy (non-hydrogen) atoms. The Morgan fingerprint density at radius 2 is 2.08 bits per heavy atom. The fourth-order valence-corrected chi connectivity index (χ4v) is 4.31. The maximum Gasteiger partial charge on any atom is 0.241 e. The van der Waals surface area contributed by atoms with Crippen LogP contribution in [0.4, 0.5) is 4.39 Å². The predicted molar refractivity (Wildman–Crippen MR) is 101 cm³/mol. The zero-order valence-corrected chi connectivity index (χ0v) is 15.4. The second kappa shape index (κ2) is 7.60. The van der Waals surface area contributed by atoms with Crippen LogP contribution in [0.25, 0.3) is 11.4 Å². The number of benzene rings is 2. The summed E-state index contributed by atoms with van der Waals surface area (Å²) in [4.78, 5) is 6.85. The number of nitrogens with zero attached hydrogens (tertiary/aromatic N) is 3. The van der Waals surface area contributed by atoms with Crippen molar-refractivity contribution >= 4 is 11.8 Å². The van der Waals surface area contributed by atoms with E-state index in [1.54, 1.807) is 13.0 Å². The number of thioether (sulfide) groups is 1. The molecular formula is C20H20FN3OS. The van der Waals surface area contributed by atoms with Gasteiger partial charge in [0.1, 0.15) is 5.82 Å². The molecule has 0 N–H and O–H groups in total. The smallest absolute Gasteiger partial charge is 0.241 e. The van der Waals surface area contributed by atoms with Crippen molar-refractivity contribution in [2.75, 3.05) is 18.1 Å². The lowest BCUT2D eigenvalue weighted by Gasteiger charge is -2.34. The summed E-state index contributed by atoms with van der Waals surface area (Å²) in [5.74, 6) is 2.88. The van der Waals surface area contributed by atoms with Crippen LogP contribution in [-0.4, -0.2) is 33.1 Å². The molecule has 3 aromatic rings. The summed E-state index contributed by atoms with van der Waals surface area (Å²) in [5, 5.41) is 4.04. The molecule has 2 heterocycles. The Labute approximate surface area is 156 Å². The minimum atomic E-state index is -0.258. The molecule has 1 aliphatic rings. The summed E-state index contributed by atoms with van der Waals surface area (Å²) >= 11 is 1.97. The topological polar surface area (TPSA) is 42.2 Å². The van der Waals surface area contributed by atoms with Crippen LogP contribution in [0, 0.1) is 12.7 Å². The van der Waals surface area contributed by atoms with Crippen molar-refractivity contribution in [3.8, 4) is 11.4 Å².